The third-order valence-corrected chi connectivity index (χ3v) is 2.62. The fourth-order valence-electron chi connectivity index (χ4n) is 1.65. The maximum atomic E-state index is 13.9. The molecule has 0 saturated heterocycles. The van der Waals surface area contributed by atoms with E-state index in [-0.39, 0.29) is 24.6 Å². The number of amides is 1. The van der Waals surface area contributed by atoms with Crippen LogP contribution in [0.3, 0.4) is 0 Å². The molecule has 1 aromatic carbocycles. The minimum absolute atomic E-state index is 0.00307. The van der Waals surface area contributed by atoms with E-state index in [4.69, 9.17) is 20.3 Å². The lowest BCUT2D eigenvalue weighted by molar-refractivity contribution is 0.152. The number of halogens is 1. The number of hydrogen-bond acceptors (Lipinski definition) is 4. The molecule has 0 bridgehead atoms. The average molecular weight is 286 g/mol. The summed E-state index contributed by atoms with van der Waals surface area (Å²) in [5.41, 5.74) is 6.19. The van der Waals surface area contributed by atoms with Gasteiger partial charge in [0.15, 0.2) is 11.6 Å². The van der Waals surface area contributed by atoms with E-state index in [0.717, 1.165) is 11.0 Å². The van der Waals surface area contributed by atoms with Gasteiger partial charge in [-0.3, -0.25) is 0 Å². The Balaban J connectivity index is 2.87. The van der Waals surface area contributed by atoms with Gasteiger partial charge < -0.3 is 25.2 Å². The first-order valence-electron chi connectivity index (χ1n) is 6.09. The number of carboxylic acid groups (broad SMARTS) is 1. The van der Waals surface area contributed by atoms with Gasteiger partial charge in [-0.25, -0.2) is 9.18 Å². The van der Waals surface area contributed by atoms with E-state index in [2.05, 4.69) is 0 Å². The van der Waals surface area contributed by atoms with E-state index in [1.54, 1.807) is 7.11 Å². The summed E-state index contributed by atoms with van der Waals surface area (Å²) in [6.07, 6.45) is -0.507. The molecule has 1 rings (SSSR count). The molecule has 7 heteroatoms. The van der Waals surface area contributed by atoms with Crippen molar-refractivity contribution in [2.75, 3.05) is 33.1 Å². The molecule has 0 aromatic heterocycles. The summed E-state index contributed by atoms with van der Waals surface area (Å²) < 4.78 is 24.1. The summed E-state index contributed by atoms with van der Waals surface area (Å²) in [6, 6.07) is 2.66. The Hall–Kier alpha value is -2.02. The van der Waals surface area contributed by atoms with Crippen LogP contribution in [-0.4, -0.2) is 43.5 Å². The molecule has 0 spiro atoms. The predicted octanol–water partition coefficient (Wildman–Crippen LogP) is 1.93. The Morgan fingerprint density at radius 2 is 2.15 bits per heavy atom. The largest absolute Gasteiger partial charge is 0.490 e. The summed E-state index contributed by atoms with van der Waals surface area (Å²) >= 11 is 0. The summed E-state index contributed by atoms with van der Waals surface area (Å²) in [5.74, 6) is -0.570. The number of nitrogen functional groups attached to an aromatic ring is 1. The van der Waals surface area contributed by atoms with Crippen LogP contribution in [-0.2, 0) is 11.3 Å². The molecule has 0 aliphatic rings. The minimum Gasteiger partial charge on any atom is -0.490 e. The molecule has 0 saturated carbocycles. The van der Waals surface area contributed by atoms with Gasteiger partial charge >= 0.3 is 6.09 Å². The predicted molar refractivity (Wildman–Crippen MR) is 72.3 cm³/mol. The third-order valence-electron chi connectivity index (χ3n) is 2.62. The first-order valence-corrected chi connectivity index (χ1v) is 6.09. The lowest BCUT2D eigenvalue weighted by atomic mass is 10.1. The average Bonchev–Trinajstić information content (AvgIpc) is 2.36. The molecule has 6 nitrogen and oxygen atoms in total. The molecule has 0 fully saturated rings. The van der Waals surface area contributed by atoms with Gasteiger partial charge in [0.1, 0.15) is 0 Å². The number of carbonyl (C=O) groups is 1. The Morgan fingerprint density at radius 1 is 1.45 bits per heavy atom. The van der Waals surface area contributed by atoms with Crippen molar-refractivity contribution >= 4 is 11.8 Å². The number of anilines is 1. The van der Waals surface area contributed by atoms with Crippen molar-refractivity contribution in [2.45, 2.75) is 13.0 Å². The van der Waals surface area contributed by atoms with Crippen molar-refractivity contribution in [3.8, 4) is 5.75 Å². The van der Waals surface area contributed by atoms with Gasteiger partial charge in [-0.1, -0.05) is 0 Å². The summed E-state index contributed by atoms with van der Waals surface area (Å²) in [7, 11) is 2.95. The van der Waals surface area contributed by atoms with E-state index in [1.165, 1.54) is 13.1 Å². The standard InChI is InChI=1S/C13H19FN2O4/c1-16(13(17)18)8-9-6-10(15)7-11(14)12(9)20-5-3-4-19-2/h6-7H,3-5,8,15H2,1-2H3,(H,17,18). The molecule has 1 aromatic rings. The number of methoxy groups -OCH3 is 1. The summed E-state index contributed by atoms with van der Waals surface area (Å²) in [5, 5.41) is 8.86. The quantitative estimate of drug-likeness (QED) is 0.591. The van der Waals surface area contributed by atoms with Gasteiger partial charge in [-0.15, -0.1) is 0 Å². The Kier molecular flexibility index (Phi) is 6.05. The number of nitrogens with zero attached hydrogens (tertiary/aromatic N) is 1. The van der Waals surface area contributed by atoms with E-state index in [0.29, 0.717) is 18.6 Å². The van der Waals surface area contributed by atoms with Gasteiger partial charge in [0.05, 0.1) is 13.2 Å². The lowest BCUT2D eigenvalue weighted by Crippen LogP contribution is -2.24. The third kappa shape index (κ3) is 4.58. The highest BCUT2D eigenvalue weighted by atomic mass is 19.1. The smallest absolute Gasteiger partial charge is 0.407 e. The van der Waals surface area contributed by atoms with Crippen molar-refractivity contribution < 1.29 is 23.8 Å². The molecular formula is C13H19FN2O4. The lowest BCUT2D eigenvalue weighted by Gasteiger charge is -2.17. The van der Waals surface area contributed by atoms with Crippen LogP contribution in [0.2, 0.25) is 0 Å². The normalized spacial score (nSPS) is 10.3. The fourth-order valence-corrected chi connectivity index (χ4v) is 1.65. The summed E-state index contributed by atoms with van der Waals surface area (Å²) in [4.78, 5) is 11.9. The first-order chi connectivity index (χ1) is 9.45. The minimum atomic E-state index is -1.11. The second-order valence-electron chi connectivity index (χ2n) is 4.32. The highest BCUT2D eigenvalue weighted by Crippen LogP contribution is 2.27. The second kappa shape index (κ2) is 7.54. The number of benzene rings is 1. The van der Waals surface area contributed by atoms with Crippen LogP contribution in [0.1, 0.15) is 12.0 Å². The molecule has 0 heterocycles. The maximum Gasteiger partial charge on any atom is 0.407 e. The molecule has 0 radical (unpaired) electrons. The maximum absolute atomic E-state index is 13.9. The van der Waals surface area contributed by atoms with Gasteiger partial charge in [0, 0.05) is 44.5 Å². The van der Waals surface area contributed by atoms with Gasteiger partial charge in [0.25, 0.3) is 0 Å². The van der Waals surface area contributed by atoms with Crippen LogP contribution in [0.15, 0.2) is 12.1 Å². The molecule has 1 amide bonds. The van der Waals surface area contributed by atoms with Crippen LogP contribution in [0.5, 0.6) is 5.75 Å². The Bertz CT molecular complexity index is 468. The second-order valence-corrected chi connectivity index (χ2v) is 4.32. The topological polar surface area (TPSA) is 85.0 Å². The van der Waals surface area contributed by atoms with E-state index in [1.807, 2.05) is 0 Å². The van der Waals surface area contributed by atoms with Crippen LogP contribution < -0.4 is 10.5 Å². The van der Waals surface area contributed by atoms with Crippen LogP contribution in [0.25, 0.3) is 0 Å². The van der Waals surface area contributed by atoms with Crippen molar-refractivity contribution in [1.82, 2.24) is 4.90 Å². The number of nitrogens with two attached hydrogens (primary N) is 1. The van der Waals surface area contributed by atoms with Gasteiger partial charge in [-0.2, -0.15) is 0 Å². The molecule has 20 heavy (non-hydrogen) atoms. The zero-order valence-corrected chi connectivity index (χ0v) is 11.6. The number of ether oxygens (including phenoxy) is 2. The molecule has 0 atom stereocenters. The van der Waals surface area contributed by atoms with Crippen LogP contribution in [0.4, 0.5) is 14.9 Å². The zero-order chi connectivity index (χ0) is 15.1. The zero-order valence-electron chi connectivity index (χ0n) is 11.6. The van der Waals surface area contributed by atoms with E-state index >= 15 is 0 Å². The molecule has 3 N–H and O–H groups in total. The Morgan fingerprint density at radius 3 is 2.75 bits per heavy atom. The summed E-state index contributed by atoms with van der Waals surface area (Å²) in [6.45, 7) is 0.774. The number of rotatable bonds is 7. The van der Waals surface area contributed by atoms with Crippen molar-refractivity contribution in [1.29, 1.82) is 0 Å². The SMILES string of the molecule is COCCCOc1c(F)cc(N)cc1CN(C)C(=O)O. The van der Waals surface area contributed by atoms with Gasteiger partial charge in [0.2, 0.25) is 0 Å². The Labute approximate surface area is 116 Å². The molecule has 0 aliphatic carbocycles. The fraction of sp³-hybridized carbons (Fsp3) is 0.462. The number of hydrogen-bond donors (Lipinski definition) is 2. The van der Waals surface area contributed by atoms with Crippen molar-refractivity contribution in [3.63, 3.8) is 0 Å². The van der Waals surface area contributed by atoms with Gasteiger partial charge in [-0.05, 0) is 6.07 Å². The highest BCUT2D eigenvalue weighted by Gasteiger charge is 2.15. The highest BCUT2D eigenvalue weighted by molar-refractivity contribution is 5.65. The van der Waals surface area contributed by atoms with Crippen molar-refractivity contribution in [3.05, 3.63) is 23.5 Å². The molecular weight excluding hydrogens is 267 g/mol. The molecule has 0 unspecified atom stereocenters. The molecule has 0 aliphatic heterocycles. The first kappa shape index (κ1) is 16.0. The van der Waals surface area contributed by atoms with Crippen molar-refractivity contribution in [2.24, 2.45) is 0 Å². The molecule has 112 valence electrons. The van der Waals surface area contributed by atoms with E-state index in [9.17, 15) is 9.18 Å². The van der Waals surface area contributed by atoms with E-state index < -0.39 is 11.9 Å². The van der Waals surface area contributed by atoms with Crippen LogP contribution >= 0.6 is 0 Å². The monoisotopic (exact) mass is 286 g/mol. The van der Waals surface area contributed by atoms with Crippen LogP contribution in [0, 0.1) is 5.82 Å².